The van der Waals surface area contributed by atoms with Gasteiger partial charge in [-0.3, -0.25) is 4.79 Å². The molecule has 6 nitrogen and oxygen atoms in total. The van der Waals surface area contributed by atoms with Crippen molar-refractivity contribution in [3.05, 3.63) is 72.3 Å². The van der Waals surface area contributed by atoms with Gasteiger partial charge in [0, 0.05) is 17.5 Å². The Morgan fingerprint density at radius 2 is 1.75 bits per heavy atom. The van der Waals surface area contributed by atoms with Crippen molar-refractivity contribution in [2.24, 2.45) is 0 Å². The number of anilines is 1. The van der Waals surface area contributed by atoms with E-state index >= 15 is 0 Å². The van der Waals surface area contributed by atoms with Crippen LogP contribution in [0.4, 0.5) is 5.69 Å². The smallest absolute Gasteiger partial charge is 0.231 e. The van der Waals surface area contributed by atoms with Gasteiger partial charge in [0.15, 0.2) is 14.9 Å². The van der Waals surface area contributed by atoms with E-state index in [1.807, 2.05) is 43.3 Å². The summed E-state index contributed by atoms with van der Waals surface area (Å²) in [4.78, 5) is 12.7. The molecule has 0 fully saturated rings. The lowest BCUT2D eigenvalue weighted by molar-refractivity contribution is -0.117. The highest BCUT2D eigenvalue weighted by Gasteiger charge is 2.18. The van der Waals surface area contributed by atoms with E-state index in [-0.39, 0.29) is 16.9 Å². The van der Waals surface area contributed by atoms with E-state index in [9.17, 15) is 13.2 Å². The molecule has 0 saturated heterocycles. The number of aromatic nitrogens is 2. The van der Waals surface area contributed by atoms with E-state index in [2.05, 4.69) is 15.5 Å². The van der Waals surface area contributed by atoms with E-state index in [1.165, 1.54) is 6.07 Å². The minimum atomic E-state index is -3.40. The largest absolute Gasteiger partial charge is 0.326 e. The van der Waals surface area contributed by atoms with Gasteiger partial charge in [0.2, 0.25) is 5.91 Å². The third-order valence-electron chi connectivity index (χ3n) is 4.37. The van der Waals surface area contributed by atoms with Crippen LogP contribution in [0.2, 0.25) is 0 Å². The summed E-state index contributed by atoms with van der Waals surface area (Å²) in [6, 6.07) is 19.9. The Kier molecular flexibility index (Phi) is 5.84. The molecule has 0 aliphatic rings. The Morgan fingerprint density at radius 3 is 2.36 bits per heavy atom. The fourth-order valence-corrected chi connectivity index (χ4v) is 3.42. The van der Waals surface area contributed by atoms with Crippen LogP contribution in [-0.4, -0.2) is 30.8 Å². The highest BCUT2D eigenvalue weighted by atomic mass is 32.2. The Balaban J connectivity index is 1.80. The summed E-state index contributed by atoms with van der Waals surface area (Å²) in [7, 11) is -3.40. The average Bonchev–Trinajstić information content (AvgIpc) is 2.69. The molecule has 0 aliphatic carbocycles. The lowest BCUT2D eigenvalue weighted by Gasteiger charge is -2.16. The molecule has 0 saturated carbocycles. The first-order valence-electron chi connectivity index (χ1n) is 8.88. The van der Waals surface area contributed by atoms with Crippen LogP contribution in [0.15, 0.2) is 71.8 Å². The van der Waals surface area contributed by atoms with Gasteiger partial charge >= 0.3 is 0 Å². The van der Waals surface area contributed by atoms with Gasteiger partial charge in [0.05, 0.1) is 11.6 Å². The van der Waals surface area contributed by atoms with Crippen molar-refractivity contribution in [3.8, 4) is 11.3 Å². The number of hydrogen-bond acceptors (Lipinski definition) is 5. The molecule has 7 heteroatoms. The molecule has 0 spiro atoms. The van der Waals surface area contributed by atoms with Crippen molar-refractivity contribution < 1.29 is 13.2 Å². The summed E-state index contributed by atoms with van der Waals surface area (Å²) in [5.41, 5.74) is 2.88. The molecule has 1 amide bonds. The van der Waals surface area contributed by atoms with Gasteiger partial charge in [-0.15, -0.1) is 10.2 Å². The molecule has 2 aromatic carbocycles. The minimum absolute atomic E-state index is 0.0747. The van der Waals surface area contributed by atoms with Crippen LogP contribution in [0.1, 0.15) is 24.8 Å². The van der Waals surface area contributed by atoms with Crippen LogP contribution < -0.4 is 5.32 Å². The first-order chi connectivity index (χ1) is 13.4. The molecule has 28 heavy (non-hydrogen) atoms. The Hall–Kier alpha value is -3.06. The number of carbonyl (C=O) groups is 1. The predicted octanol–water partition coefficient (Wildman–Crippen LogP) is 3.68. The quantitative estimate of drug-likeness (QED) is 0.688. The third-order valence-corrected chi connectivity index (χ3v) is 5.35. The molecule has 3 rings (SSSR count). The SMILES string of the molecule is CC[C@@H](C(=O)Nc1cccc(-c2ccc(S(C)(=O)=O)nn2)c1)c1ccccc1. The van der Waals surface area contributed by atoms with Crippen molar-refractivity contribution in [3.63, 3.8) is 0 Å². The van der Waals surface area contributed by atoms with Crippen LogP contribution in [-0.2, 0) is 14.6 Å². The van der Waals surface area contributed by atoms with Gasteiger partial charge in [0.1, 0.15) is 0 Å². The van der Waals surface area contributed by atoms with Crippen LogP contribution in [0, 0.1) is 0 Å². The number of rotatable bonds is 6. The van der Waals surface area contributed by atoms with E-state index in [0.717, 1.165) is 17.4 Å². The normalized spacial score (nSPS) is 12.4. The van der Waals surface area contributed by atoms with Gasteiger partial charge in [-0.1, -0.05) is 49.4 Å². The zero-order valence-electron chi connectivity index (χ0n) is 15.7. The number of carbonyl (C=O) groups excluding carboxylic acids is 1. The lowest BCUT2D eigenvalue weighted by Crippen LogP contribution is -2.20. The molecule has 1 atom stereocenters. The summed E-state index contributed by atoms with van der Waals surface area (Å²) >= 11 is 0. The molecule has 1 heterocycles. The second-order valence-corrected chi connectivity index (χ2v) is 8.43. The molecule has 0 unspecified atom stereocenters. The number of nitrogens with one attached hydrogen (secondary N) is 1. The maximum absolute atomic E-state index is 12.7. The first kappa shape index (κ1) is 19.7. The van der Waals surface area contributed by atoms with Crippen molar-refractivity contribution in [1.82, 2.24) is 10.2 Å². The van der Waals surface area contributed by atoms with E-state index in [0.29, 0.717) is 17.8 Å². The monoisotopic (exact) mass is 395 g/mol. The van der Waals surface area contributed by atoms with Crippen molar-refractivity contribution in [2.75, 3.05) is 11.6 Å². The van der Waals surface area contributed by atoms with Gasteiger partial charge < -0.3 is 5.32 Å². The number of amides is 1. The summed E-state index contributed by atoms with van der Waals surface area (Å²) in [5, 5.41) is 10.6. The highest BCUT2D eigenvalue weighted by molar-refractivity contribution is 7.90. The summed E-state index contributed by atoms with van der Waals surface area (Å²) in [6.45, 7) is 1.98. The highest BCUT2D eigenvalue weighted by Crippen LogP contribution is 2.24. The van der Waals surface area contributed by atoms with Gasteiger partial charge in [-0.2, -0.15) is 0 Å². The maximum atomic E-state index is 12.7. The maximum Gasteiger partial charge on any atom is 0.231 e. The van der Waals surface area contributed by atoms with Gasteiger partial charge in [0.25, 0.3) is 0 Å². The van der Waals surface area contributed by atoms with Crippen LogP contribution >= 0.6 is 0 Å². The van der Waals surface area contributed by atoms with Crippen molar-refractivity contribution in [2.45, 2.75) is 24.3 Å². The molecular formula is C21H21N3O3S. The summed E-state index contributed by atoms with van der Waals surface area (Å²) < 4.78 is 23.0. The van der Waals surface area contributed by atoms with Gasteiger partial charge in [-0.05, 0) is 36.2 Å². The van der Waals surface area contributed by atoms with Crippen LogP contribution in [0.25, 0.3) is 11.3 Å². The second-order valence-electron chi connectivity index (χ2n) is 6.47. The van der Waals surface area contributed by atoms with Gasteiger partial charge in [-0.25, -0.2) is 8.42 Å². The fraction of sp³-hybridized carbons (Fsp3) is 0.190. The minimum Gasteiger partial charge on any atom is -0.326 e. The molecule has 0 radical (unpaired) electrons. The lowest BCUT2D eigenvalue weighted by atomic mass is 9.95. The second kappa shape index (κ2) is 8.31. The van der Waals surface area contributed by atoms with Crippen LogP contribution in [0.3, 0.4) is 0 Å². The van der Waals surface area contributed by atoms with Crippen LogP contribution in [0.5, 0.6) is 0 Å². The molecule has 1 N–H and O–H groups in total. The molecule has 144 valence electrons. The molecular weight excluding hydrogens is 374 g/mol. The van der Waals surface area contributed by atoms with E-state index in [4.69, 9.17) is 0 Å². The fourth-order valence-electron chi connectivity index (χ4n) is 2.92. The Bertz CT molecular complexity index is 1070. The Morgan fingerprint density at radius 1 is 1.00 bits per heavy atom. The zero-order chi connectivity index (χ0) is 20.1. The topological polar surface area (TPSA) is 89.0 Å². The molecule has 0 aliphatic heterocycles. The molecule has 1 aromatic heterocycles. The number of hydrogen-bond donors (Lipinski definition) is 1. The zero-order valence-corrected chi connectivity index (χ0v) is 16.5. The molecule has 3 aromatic rings. The number of nitrogens with zero attached hydrogens (tertiary/aromatic N) is 2. The number of sulfone groups is 1. The third kappa shape index (κ3) is 4.61. The van der Waals surface area contributed by atoms with E-state index < -0.39 is 9.84 Å². The standard InChI is InChI=1S/C21H21N3O3S/c1-3-18(15-8-5-4-6-9-15)21(25)22-17-11-7-10-16(14-17)19-12-13-20(24-23-19)28(2,26)27/h4-14,18H,3H2,1-2H3,(H,22,25)/t18-/m1/s1. The van der Waals surface area contributed by atoms with Crippen molar-refractivity contribution >= 4 is 21.4 Å². The predicted molar refractivity (Wildman–Crippen MR) is 109 cm³/mol. The summed E-state index contributed by atoms with van der Waals surface area (Å²) in [6.07, 6.45) is 1.78. The summed E-state index contributed by atoms with van der Waals surface area (Å²) in [5.74, 6) is -0.317. The van der Waals surface area contributed by atoms with Crippen molar-refractivity contribution in [1.29, 1.82) is 0 Å². The first-order valence-corrected chi connectivity index (χ1v) is 10.8. The number of benzene rings is 2. The molecule has 0 bridgehead atoms. The van der Waals surface area contributed by atoms with E-state index in [1.54, 1.807) is 24.3 Å². The average molecular weight is 395 g/mol. The Labute approximate surface area is 164 Å².